The van der Waals surface area contributed by atoms with Gasteiger partial charge in [0, 0.05) is 44.3 Å². The number of hydrogen-bond acceptors (Lipinski definition) is 4. The molecule has 28 heavy (non-hydrogen) atoms. The second-order valence-electron chi connectivity index (χ2n) is 7.27. The molecule has 0 saturated carbocycles. The molecular formula is C22H28N3O2S+. The molecule has 3 rings (SSSR count). The second-order valence-corrected chi connectivity index (χ2v) is 8.34. The molecule has 0 radical (unpaired) electrons. The first-order valence-electron chi connectivity index (χ1n) is 9.58. The van der Waals surface area contributed by atoms with E-state index in [1.807, 2.05) is 0 Å². The van der Waals surface area contributed by atoms with Crippen molar-refractivity contribution in [1.29, 1.82) is 0 Å². The lowest BCUT2D eigenvalue weighted by atomic mass is 10.1. The van der Waals surface area contributed by atoms with Gasteiger partial charge in [-0.25, -0.2) is 4.57 Å². The molecule has 148 valence electrons. The van der Waals surface area contributed by atoms with Gasteiger partial charge < -0.3 is 15.7 Å². The van der Waals surface area contributed by atoms with Crippen molar-refractivity contribution >= 4 is 29.5 Å². The fourth-order valence-corrected chi connectivity index (χ4v) is 4.65. The molecule has 3 N–H and O–H groups in total. The number of hydrogen-bond donors (Lipinski definition) is 2. The van der Waals surface area contributed by atoms with Gasteiger partial charge in [0.2, 0.25) is 0 Å². The largest absolute Gasteiger partial charge is 0.480 e. The Balaban J connectivity index is 1.68. The van der Waals surface area contributed by atoms with Crippen molar-refractivity contribution in [3.05, 3.63) is 58.4 Å². The van der Waals surface area contributed by atoms with Crippen molar-refractivity contribution < 1.29 is 14.5 Å². The van der Waals surface area contributed by atoms with Crippen LogP contribution in [0.2, 0.25) is 0 Å². The summed E-state index contributed by atoms with van der Waals surface area (Å²) >= 11 is 1.80. The number of anilines is 1. The predicted octanol–water partition coefficient (Wildman–Crippen LogP) is 3.71. The normalized spacial score (nSPS) is 15.7. The Labute approximate surface area is 170 Å². The number of aliphatic carboxylic acids is 1. The Hall–Kier alpha value is -2.31. The third-order valence-corrected chi connectivity index (χ3v) is 6.29. The second kappa shape index (κ2) is 8.80. The average Bonchev–Trinajstić information content (AvgIpc) is 2.96. The number of aryl methyl sites for hydroxylation is 2. The van der Waals surface area contributed by atoms with Gasteiger partial charge in [0.15, 0.2) is 11.4 Å². The predicted molar refractivity (Wildman–Crippen MR) is 114 cm³/mol. The maximum Gasteiger partial charge on any atom is 0.320 e. The van der Waals surface area contributed by atoms with Gasteiger partial charge in [-0.3, -0.25) is 4.79 Å². The number of carboxylic acid groups (broad SMARTS) is 1. The number of benzene rings is 1. The van der Waals surface area contributed by atoms with Crippen LogP contribution in [0.5, 0.6) is 0 Å². The third kappa shape index (κ3) is 4.56. The monoisotopic (exact) mass is 398 g/mol. The molecule has 0 fully saturated rings. The molecule has 0 amide bonds. The first-order chi connectivity index (χ1) is 13.4. The molecule has 2 heterocycles. The number of nitrogens with zero attached hydrogens (tertiary/aromatic N) is 2. The van der Waals surface area contributed by atoms with Crippen LogP contribution in [0.3, 0.4) is 0 Å². The lowest BCUT2D eigenvalue weighted by Crippen LogP contribution is -2.40. The number of para-hydroxylation sites is 1. The van der Waals surface area contributed by atoms with Crippen LogP contribution in [-0.4, -0.2) is 24.2 Å². The highest BCUT2D eigenvalue weighted by Crippen LogP contribution is 2.45. The number of pyridine rings is 1. The highest BCUT2D eigenvalue weighted by molar-refractivity contribution is 8.03. The molecular weight excluding hydrogens is 370 g/mol. The van der Waals surface area contributed by atoms with E-state index in [0.29, 0.717) is 6.42 Å². The van der Waals surface area contributed by atoms with E-state index in [1.54, 1.807) is 11.8 Å². The van der Waals surface area contributed by atoms with Crippen LogP contribution in [0.1, 0.15) is 36.2 Å². The molecule has 5 nitrogen and oxygen atoms in total. The number of unbranched alkanes of at least 4 members (excludes halogenated alkanes) is 1. The molecule has 1 unspecified atom stereocenters. The first-order valence-corrected chi connectivity index (χ1v) is 10.4. The van der Waals surface area contributed by atoms with Gasteiger partial charge in [0.1, 0.15) is 12.6 Å². The van der Waals surface area contributed by atoms with E-state index < -0.39 is 12.0 Å². The van der Waals surface area contributed by atoms with E-state index in [4.69, 9.17) is 10.8 Å². The Bertz CT molecular complexity index is 887. The van der Waals surface area contributed by atoms with Crippen LogP contribution in [0.4, 0.5) is 5.69 Å². The zero-order chi connectivity index (χ0) is 20.3. The standard InChI is InChI=1S/C22H27N3O2S/c1-15-12-17(14-21-24(3)19-9-4-5-10-20(19)28-21)13-16(2)25(15)11-7-6-8-18(23)22(26)27/h4-5,9-10,12-14,18H,6-8,11,23H2,1-3H3/p+1. The summed E-state index contributed by atoms with van der Waals surface area (Å²) in [6.07, 6.45) is 4.48. The van der Waals surface area contributed by atoms with Crippen LogP contribution < -0.4 is 15.2 Å². The number of rotatable bonds is 7. The summed E-state index contributed by atoms with van der Waals surface area (Å²) in [7, 11) is 2.11. The zero-order valence-corrected chi connectivity index (χ0v) is 17.5. The van der Waals surface area contributed by atoms with Crippen molar-refractivity contribution in [3.8, 4) is 0 Å². The highest BCUT2D eigenvalue weighted by atomic mass is 32.2. The van der Waals surface area contributed by atoms with E-state index >= 15 is 0 Å². The van der Waals surface area contributed by atoms with Crippen LogP contribution in [0, 0.1) is 13.8 Å². The number of fused-ring (bicyclic) bond motifs is 1. The number of nitrogens with two attached hydrogens (primary N) is 1. The summed E-state index contributed by atoms with van der Waals surface area (Å²) in [4.78, 5) is 14.3. The smallest absolute Gasteiger partial charge is 0.320 e. The van der Waals surface area contributed by atoms with Gasteiger partial charge in [-0.1, -0.05) is 23.9 Å². The van der Waals surface area contributed by atoms with Crippen molar-refractivity contribution in [1.82, 2.24) is 0 Å². The summed E-state index contributed by atoms with van der Waals surface area (Å²) in [5.41, 5.74) is 10.4. The minimum absolute atomic E-state index is 0.516. The minimum Gasteiger partial charge on any atom is -0.480 e. The van der Waals surface area contributed by atoms with Crippen LogP contribution in [0.15, 0.2) is 46.3 Å². The molecule has 0 saturated heterocycles. The maximum absolute atomic E-state index is 10.8. The summed E-state index contributed by atoms with van der Waals surface area (Å²) in [5, 5.41) is 10.1. The van der Waals surface area contributed by atoms with E-state index in [9.17, 15) is 4.79 Å². The van der Waals surface area contributed by atoms with Gasteiger partial charge in [-0.2, -0.15) is 0 Å². The molecule has 2 aromatic rings. The lowest BCUT2D eigenvalue weighted by molar-refractivity contribution is -0.709. The molecule has 0 spiro atoms. The van der Waals surface area contributed by atoms with E-state index in [-0.39, 0.29) is 0 Å². The summed E-state index contributed by atoms with van der Waals surface area (Å²) in [6.45, 7) is 5.12. The summed E-state index contributed by atoms with van der Waals surface area (Å²) in [5.74, 6) is -0.922. The van der Waals surface area contributed by atoms with E-state index in [2.05, 4.69) is 72.8 Å². The average molecular weight is 399 g/mol. The third-order valence-electron chi connectivity index (χ3n) is 5.13. The minimum atomic E-state index is -0.922. The maximum atomic E-state index is 10.8. The molecule has 6 heteroatoms. The summed E-state index contributed by atoms with van der Waals surface area (Å²) in [6, 6.07) is 12.1. The van der Waals surface area contributed by atoms with Crippen molar-refractivity contribution in [2.75, 3.05) is 11.9 Å². The molecule has 1 aromatic carbocycles. The Kier molecular flexibility index (Phi) is 6.42. The topological polar surface area (TPSA) is 70.4 Å². The van der Waals surface area contributed by atoms with Crippen LogP contribution in [-0.2, 0) is 11.3 Å². The van der Waals surface area contributed by atoms with Gasteiger partial charge in [0.25, 0.3) is 0 Å². The first kappa shape index (κ1) is 20.4. The number of carboxylic acids is 1. The molecule has 0 aliphatic carbocycles. The molecule has 0 bridgehead atoms. The van der Waals surface area contributed by atoms with E-state index in [1.165, 1.54) is 32.6 Å². The van der Waals surface area contributed by atoms with E-state index in [0.717, 1.165) is 19.4 Å². The molecule has 1 aliphatic rings. The Morgan fingerprint density at radius 3 is 2.57 bits per heavy atom. The molecule has 1 aliphatic heterocycles. The fraction of sp³-hybridized carbons (Fsp3) is 0.364. The Morgan fingerprint density at radius 2 is 1.93 bits per heavy atom. The SMILES string of the molecule is Cc1cc(C=C2Sc3ccccc3N2C)cc(C)[n+]1CCCCC(N)C(=O)O. The quantitative estimate of drug-likeness (QED) is 0.550. The zero-order valence-electron chi connectivity index (χ0n) is 16.7. The molecule has 1 aromatic heterocycles. The van der Waals surface area contributed by atoms with Crippen molar-refractivity contribution in [3.63, 3.8) is 0 Å². The highest BCUT2D eigenvalue weighted by Gasteiger charge is 2.22. The van der Waals surface area contributed by atoms with Crippen molar-refractivity contribution in [2.45, 2.75) is 50.6 Å². The molecule has 1 atom stereocenters. The fourth-order valence-electron chi connectivity index (χ4n) is 3.54. The lowest BCUT2D eigenvalue weighted by Gasteiger charge is -2.13. The van der Waals surface area contributed by atoms with Crippen LogP contribution in [0.25, 0.3) is 6.08 Å². The van der Waals surface area contributed by atoms with Crippen molar-refractivity contribution in [2.24, 2.45) is 5.73 Å². The van der Waals surface area contributed by atoms with Gasteiger partial charge in [0.05, 0.1) is 10.7 Å². The van der Waals surface area contributed by atoms with Gasteiger partial charge in [-0.15, -0.1) is 0 Å². The number of thioether (sulfide) groups is 1. The van der Waals surface area contributed by atoms with Crippen LogP contribution >= 0.6 is 11.8 Å². The van der Waals surface area contributed by atoms with Gasteiger partial charge >= 0.3 is 5.97 Å². The number of aromatic nitrogens is 1. The summed E-state index contributed by atoms with van der Waals surface area (Å²) < 4.78 is 2.29. The number of carbonyl (C=O) groups is 1. The Morgan fingerprint density at radius 1 is 1.25 bits per heavy atom. The van der Waals surface area contributed by atoms with Gasteiger partial charge in [-0.05, 0) is 36.6 Å².